The zero-order chi connectivity index (χ0) is 35.6. The minimum atomic E-state index is 1.07. The van der Waals surface area contributed by atoms with Crippen LogP contribution in [0.3, 0.4) is 0 Å². The van der Waals surface area contributed by atoms with Gasteiger partial charge in [0.25, 0.3) is 0 Å². The first-order valence-electron chi connectivity index (χ1n) is 18.0. The molecule has 0 bridgehead atoms. The van der Waals surface area contributed by atoms with Gasteiger partial charge in [0.05, 0.1) is 15.9 Å². The second-order valence-electron chi connectivity index (χ2n) is 13.5. The molecule has 0 fully saturated rings. The number of hydrogen-bond donors (Lipinski definition) is 0. The summed E-state index contributed by atoms with van der Waals surface area (Å²) in [6.07, 6.45) is 0. The van der Waals surface area contributed by atoms with Gasteiger partial charge in [0.1, 0.15) is 5.01 Å². The molecular weight excluding hydrogens is 713 g/mol. The molecule has 8 aromatic carbocycles. The van der Waals surface area contributed by atoms with Crippen LogP contribution in [0.1, 0.15) is 0 Å². The summed E-state index contributed by atoms with van der Waals surface area (Å²) < 4.78 is 6.46. The Balaban J connectivity index is 1.00. The Kier molecular flexibility index (Phi) is 7.44. The van der Waals surface area contributed by atoms with Gasteiger partial charge in [-0.25, -0.2) is 4.98 Å². The van der Waals surface area contributed by atoms with Crippen LogP contribution < -0.4 is 4.90 Å². The first kappa shape index (κ1) is 31.4. The van der Waals surface area contributed by atoms with Crippen molar-refractivity contribution in [2.45, 2.75) is 0 Å². The molecular formula is C49H30N2S3. The summed E-state index contributed by atoms with van der Waals surface area (Å²) in [6.45, 7) is 0. The second kappa shape index (κ2) is 12.8. The maximum absolute atomic E-state index is 5.02. The van der Waals surface area contributed by atoms with Crippen LogP contribution >= 0.6 is 34.0 Å². The normalized spacial score (nSPS) is 11.7. The van der Waals surface area contributed by atoms with Gasteiger partial charge in [-0.2, -0.15) is 0 Å². The average molecular weight is 743 g/mol. The number of hydrogen-bond acceptors (Lipinski definition) is 5. The van der Waals surface area contributed by atoms with Gasteiger partial charge in [-0.3, -0.25) is 0 Å². The van der Waals surface area contributed by atoms with E-state index in [-0.39, 0.29) is 0 Å². The lowest BCUT2D eigenvalue weighted by atomic mass is 10.0. The summed E-state index contributed by atoms with van der Waals surface area (Å²) in [6, 6.07) is 66.0. The van der Waals surface area contributed by atoms with E-state index in [1.54, 1.807) is 11.3 Å². The predicted molar refractivity (Wildman–Crippen MR) is 236 cm³/mol. The van der Waals surface area contributed by atoms with E-state index in [1.807, 2.05) is 22.7 Å². The molecule has 0 atom stereocenters. The Bertz CT molecular complexity index is 3140. The highest BCUT2D eigenvalue weighted by Gasteiger charge is 2.19. The van der Waals surface area contributed by atoms with Crippen LogP contribution in [0.4, 0.5) is 17.1 Å². The maximum Gasteiger partial charge on any atom is 0.124 e. The highest BCUT2D eigenvalue weighted by molar-refractivity contribution is 7.28. The van der Waals surface area contributed by atoms with E-state index in [4.69, 9.17) is 4.98 Å². The molecule has 0 saturated heterocycles. The predicted octanol–water partition coefficient (Wildman–Crippen LogP) is 15.5. The molecule has 3 heterocycles. The zero-order valence-corrected chi connectivity index (χ0v) is 31.4. The van der Waals surface area contributed by atoms with Gasteiger partial charge in [0.2, 0.25) is 0 Å². The smallest absolute Gasteiger partial charge is 0.124 e. The summed E-state index contributed by atoms with van der Waals surface area (Å²) in [4.78, 5) is 7.43. The number of nitrogens with zero attached hydrogens (tertiary/aromatic N) is 2. The lowest BCUT2D eigenvalue weighted by Crippen LogP contribution is -2.10. The summed E-state index contributed by atoms with van der Waals surface area (Å²) >= 11 is 5.52. The molecule has 2 nitrogen and oxygen atoms in total. The van der Waals surface area contributed by atoms with Gasteiger partial charge in [-0.15, -0.1) is 34.0 Å². The van der Waals surface area contributed by atoms with E-state index >= 15 is 0 Å². The topological polar surface area (TPSA) is 16.1 Å². The van der Waals surface area contributed by atoms with E-state index in [0.717, 1.165) is 21.9 Å². The van der Waals surface area contributed by atoms with Crippen molar-refractivity contribution in [3.8, 4) is 32.8 Å². The Morgan fingerprint density at radius 3 is 1.70 bits per heavy atom. The van der Waals surface area contributed by atoms with Crippen LogP contribution in [0, 0.1) is 0 Å². The van der Waals surface area contributed by atoms with Crippen molar-refractivity contribution in [2.75, 3.05) is 4.90 Å². The zero-order valence-electron chi connectivity index (χ0n) is 28.9. The fraction of sp³-hybridized carbons (Fsp3) is 0. The molecule has 0 aliphatic rings. The molecule has 3 aromatic heterocycles. The molecule has 5 heteroatoms. The maximum atomic E-state index is 5.02. The highest BCUT2D eigenvalue weighted by Crippen LogP contribution is 2.46. The molecule has 0 saturated carbocycles. The number of thiophene rings is 2. The van der Waals surface area contributed by atoms with Crippen LogP contribution in [-0.2, 0) is 0 Å². The lowest BCUT2D eigenvalue weighted by Gasteiger charge is -2.27. The first-order chi connectivity index (χ1) is 26.7. The molecule has 254 valence electrons. The molecule has 0 spiro atoms. The van der Waals surface area contributed by atoms with Crippen molar-refractivity contribution < 1.29 is 0 Å². The van der Waals surface area contributed by atoms with Gasteiger partial charge < -0.3 is 4.90 Å². The number of benzene rings is 8. The monoisotopic (exact) mass is 742 g/mol. The Morgan fingerprint density at radius 2 is 0.944 bits per heavy atom. The number of anilines is 3. The Morgan fingerprint density at radius 1 is 0.370 bits per heavy atom. The lowest BCUT2D eigenvalue weighted by molar-refractivity contribution is 1.30. The van der Waals surface area contributed by atoms with E-state index in [0.29, 0.717) is 0 Å². The number of thiazole rings is 1. The quantitative estimate of drug-likeness (QED) is 0.169. The summed E-state index contributed by atoms with van der Waals surface area (Å²) in [5, 5.41) is 6.26. The average Bonchev–Trinajstić information content (AvgIpc) is 3.95. The SMILES string of the molecule is c1ccc(-c2ccc(N(c3ccc(-c4ccc5c(c4)sc4ccc6nc(-c7ccccc7)sc6c45)cc3)c3cccc4sc5ccccc5c34)cc2)cc1. The molecule has 0 aliphatic carbocycles. The molecule has 54 heavy (non-hydrogen) atoms. The van der Waals surface area contributed by atoms with Crippen molar-refractivity contribution in [1.82, 2.24) is 4.98 Å². The molecule has 0 unspecified atom stereocenters. The summed E-state index contributed by atoms with van der Waals surface area (Å²) in [5.41, 5.74) is 10.5. The third-order valence-electron chi connectivity index (χ3n) is 10.3. The highest BCUT2D eigenvalue weighted by atomic mass is 32.1. The Labute approximate surface area is 324 Å². The van der Waals surface area contributed by atoms with Crippen LogP contribution in [0.5, 0.6) is 0 Å². The van der Waals surface area contributed by atoms with E-state index < -0.39 is 0 Å². The first-order valence-corrected chi connectivity index (χ1v) is 20.5. The van der Waals surface area contributed by atoms with Gasteiger partial charge >= 0.3 is 0 Å². The third kappa shape index (κ3) is 5.24. The number of aromatic nitrogens is 1. The third-order valence-corrected chi connectivity index (χ3v) is 13.7. The Hall–Kier alpha value is -6.11. The van der Waals surface area contributed by atoms with E-state index in [2.05, 4.69) is 187 Å². The molecule has 11 rings (SSSR count). The van der Waals surface area contributed by atoms with Crippen molar-refractivity contribution in [3.63, 3.8) is 0 Å². The second-order valence-corrected chi connectivity index (χ2v) is 16.7. The fourth-order valence-corrected chi connectivity index (χ4v) is 11.2. The molecule has 0 amide bonds. The van der Waals surface area contributed by atoms with Gasteiger partial charge in [-0.1, -0.05) is 121 Å². The van der Waals surface area contributed by atoms with Crippen molar-refractivity contribution in [2.24, 2.45) is 0 Å². The van der Waals surface area contributed by atoms with Crippen LogP contribution in [0.25, 0.3) is 83.4 Å². The number of fused-ring (bicyclic) bond motifs is 8. The van der Waals surface area contributed by atoms with E-state index in [1.165, 1.54) is 78.5 Å². The molecule has 11 aromatic rings. The van der Waals surface area contributed by atoms with Gasteiger partial charge in [0.15, 0.2) is 0 Å². The van der Waals surface area contributed by atoms with Crippen molar-refractivity contribution >= 4 is 102 Å². The van der Waals surface area contributed by atoms with E-state index in [9.17, 15) is 0 Å². The van der Waals surface area contributed by atoms with Gasteiger partial charge in [-0.05, 0) is 82.9 Å². The molecule has 0 aliphatic heterocycles. The minimum absolute atomic E-state index is 1.07. The van der Waals surface area contributed by atoms with Crippen molar-refractivity contribution in [1.29, 1.82) is 0 Å². The van der Waals surface area contributed by atoms with Gasteiger partial charge in [0, 0.05) is 57.3 Å². The largest absolute Gasteiger partial charge is 0.310 e. The van der Waals surface area contributed by atoms with Crippen molar-refractivity contribution in [3.05, 3.63) is 182 Å². The fourth-order valence-electron chi connectivity index (χ4n) is 7.74. The number of rotatable bonds is 6. The minimum Gasteiger partial charge on any atom is -0.310 e. The van der Waals surface area contributed by atoms with Crippen LogP contribution in [-0.4, -0.2) is 4.98 Å². The van der Waals surface area contributed by atoms with Crippen LogP contribution in [0.2, 0.25) is 0 Å². The standard InChI is InChI=1S/C49H30N2S3/c1-3-10-31(11-4-1)32-18-23-36(24-19-32)51(41-15-9-17-43-46(41)38-14-7-8-16-42(38)52-43)37-25-20-33(21-26-37)35-22-27-39-45(30-35)53-44-29-28-40-48(47(39)44)54-49(50-40)34-12-5-2-6-13-34/h1-30H. The van der Waals surface area contributed by atoms with Crippen LogP contribution in [0.15, 0.2) is 182 Å². The summed E-state index contributed by atoms with van der Waals surface area (Å²) in [5.74, 6) is 0. The molecule has 0 radical (unpaired) electrons. The molecule has 0 N–H and O–H groups in total. The summed E-state index contributed by atoms with van der Waals surface area (Å²) in [7, 11) is 0.